The summed E-state index contributed by atoms with van der Waals surface area (Å²) in [6.07, 6.45) is 1.89. The van der Waals surface area contributed by atoms with E-state index < -0.39 is 17.5 Å². The molecule has 0 aromatic heterocycles. The number of carbonyl (C=O) groups is 1. The highest BCUT2D eigenvalue weighted by Crippen LogP contribution is 2.22. The number of halogens is 2. The minimum absolute atomic E-state index is 0.00662. The molecule has 0 saturated carbocycles. The van der Waals surface area contributed by atoms with Crippen molar-refractivity contribution in [3.05, 3.63) is 29.3 Å². The smallest absolute Gasteiger partial charge is 0.253 e. The monoisotopic (exact) mass is 298 g/mol. The van der Waals surface area contributed by atoms with Crippen molar-refractivity contribution in [2.75, 3.05) is 32.1 Å². The van der Waals surface area contributed by atoms with Gasteiger partial charge in [-0.15, -0.1) is 0 Å². The largest absolute Gasteiger partial charge is 0.381 e. The van der Waals surface area contributed by atoms with Gasteiger partial charge in [0.05, 0.1) is 6.10 Å². The van der Waals surface area contributed by atoms with E-state index in [1.807, 2.05) is 0 Å². The average Bonchev–Trinajstić information content (AvgIpc) is 2.94. The minimum atomic E-state index is -0.759. The van der Waals surface area contributed by atoms with Gasteiger partial charge in [-0.3, -0.25) is 4.79 Å². The summed E-state index contributed by atoms with van der Waals surface area (Å²) in [7, 11) is 1.61. The van der Waals surface area contributed by atoms with E-state index in [1.165, 1.54) is 4.90 Å². The quantitative estimate of drug-likeness (QED) is 0.908. The highest BCUT2D eigenvalue weighted by molar-refractivity contribution is 5.94. The zero-order chi connectivity index (χ0) is 15.4. The zero-order valence-electron chi connectivity index (χ0n) is 12.3. The van der Waals surface area contributed by atoms with E-state index in [0.717, 1.165) is 25.0 Å². The lowest BCUT2D eigenvalue weighted by atomic mass is 10.1. The lowest BCUT2D eigenvalue weighted by Crippen LogP contribution is -2.34. The molecule has 0 spiro atoms. The second-order valence-electron chi connectivity index (χ2n) is 5.17. The summed E-state index contributed by atoms with van der Waals surface area (Å²) >= 11 is 0. The van der Waals surface area contributed by atoms with Crippen LogP contribution in [0.2, 0.25) is 0 Å². The van der Waals surface area contributed by atoms with Crippen LogP contribution in [0.25, 0.3) is 0 Å². The molecule has 2 rings (SSSR count). The molecule has 1 aliphatic rings. The van der Waals surface area contributed by atoms with E-state index in [2.05, 4.69) is 5.32 Å². The number of anilines is 1. The predicted molar refractivity (Wildman–Crippen MR) is 76.5 cm³/mol. The van der Waals surface area contributed by atoms with Gasteiger partial charge in [0.2, 0.25) is 0 Å². The van der Waals surface area contributed by atoms with Crippen molar-refractivity contribution in [3.63, 3.8) is 0 Å². The highest BCUT2D eigenvalue weighted by atomic mass is 19.1. The highest BCUT2D eigenvalue weighted by Gasteiger charge is 2.22. The maximum atomic E-state index is 13.8. The van der Waals surface area contributed by atoms with Crippen LogP contribution in [0.5, 0.6) is 0 Å². The Balaban J connectivity index is 2.11. The Kier molecular flexibility index (Phi) is 5.12. The summed E-state index contributed by atoms with van der Waals surface area (Å²) in [5.74, 6) is -1.93. The van der Waals surface area contributed by atoms with Crippen LogP contribution in [0.4, 0.5) is 14.5 Å². The fourth-order valence-electron chi connectivity index (χ4n) is 2.44. The molecule has 116 valence electrons. The first-order valence-corrected chi connectivity index (χ1v) is 7.13. The molecule has 1 unspecified atom stereocenters. The Morgan fingerprint density at radius 2 is 2.10 bits per heavy atom. The third-order valence-corrected chi connectivity index (χ3v) is 3.49. The van der Waals surface area contributed by atoms with Gasteiger partial charge < -0.3 is 15.0 Å². The molecule has 0 radical (unpaired) electrons. The summed E-state index contributed by atoms with van der Waals surface area (Å²) in [5, 5.41) is 2.60. The lowest BCUT2D eigenvalue weighted by Gasteiger charge is -2.21. The van der Waals surface area contributed by atoms with Crippen molar-refractivity contribution in [1.82, 2.24) is 4.90 Å². The Bertz CT molecular complexity index is 493. The van der Waals surface area contributed by atoms with E-state index >= 15 is 0 Å². The second kappa shape index (κ2) is 6.85. The third-order valence-electron chi connectivity index (χ3n) is 3.49. The van der Waals surface area contributed by atoms with Gasteiger partial charge in [0.1, 0.15) is 17.3 Å². The summed E-state index contributed by atoms with van der Waals surface area (Å²) in [4.78, 5) is 13.7. The normalized spacial score (nSPS) is 17.8. The van der Waals surface area contributed by atoms with Crippen LogP contribution in [-0.2, 0) is 4.74 Å². The van der Waals surface area contributed by atoms with Crippen LogP contribution in [0.1, 0.15) is 30.1 Å². The Morgan fingerprint density at radius 1 is 1.43 bits per heavy atom. The standard InChI is InChI=1S/C15H20F2N2O2/c1-3-18-14-12(16)7-10(8-13(14)17)15(20)19(2)9-11-5-4-6-21-11/h7-8,11,18H,3-6,9H2,1-2H3. The minimum Gasteiger partial charge on any atom is -0.381 e. The SMILES string of the molecule is CCNc1c(F)cc(C(=O)N(C)CC2CCCO2)cc1F. The number of amides is 1. The molecule has 1 saturated heterocycles. The summed E-state index contributed by atoms with van der Waals surface area (Å²) in [5.41, 5.74) is -0.192. The maximum absolute atomic E-state index is 13.8. The number of ether oxygens (including phenoxy) is 1. The predicted octanol–water partition coefficient (Wildman–Crippen LogP) is 2.65. The van der Waals surface area contributed by atoms with Gasteiger partial charge in [0.15, 0.2) is 0 Å². The first-order chi connectivity index (χ1) is 10.0. The van der Waals surface area contributed by atoms with E-state index in [-0.39, 0.29) is 17.4 Å². The van der Waals surface area contributed by atoms with Crippen LogP contribution in [0.15, 0.2) is 12.1 Å². The van der Waals surface area contributed by atoms with Crippen LogP contribution < -0.4 is 5.32 Å². The van der Waals surface area contributed by atoms with E-state index in [0.29, 0.717) is 19.7 Å². The van der Waals surface area contributed by atoms with Crippen LogP contribution >= 0.6 is 0 Å². The molecule has 1 heterocycles. The molecular formula is C15H20F2N2O2. The number of carbonyl (C=O) groups excluding carboxylic acids is 1. The molecule has 0 bridgehead atoms. The Hall–Kier alpha value is -1.69. The first-order valence-electron chi connectivity index (χ1n) is 7.13. The topological polar surface area (TPSA) is 41.6 Å². The Labute approximate surface area is 123 Å². The number of hydrogen-bond acceptors (Lipinski definition) is 3. The van der Waals surface area contributed by atoms with E-state index in [4.69, 9.17) is 4.74 Å². The second-order valence-corrected chi connectivity index (χ2v) is 5.17. The van der Waals surface area contributed by atoms with Crippen LogP contribution in [0, 0.1) is 11.6 Å². The molecule has 1 aliphatic heterocycles. The number of nitrogens with one attached hydrogen (secondary N) is 1. The maximum Gasteiger partial charge on any atom is 0.253 e. The van der Waals surface area contributed by atoms with Gasteiger partial charge in [-0.25, -0.2) is 8.78 Å². The summed E-state index contributed by atoms with van der Waals surface area (Å²) < 4.78 is 33.1. The van der Waals surface area contributed by atoms with Crippen molar-refractivity contribution >= 4 is 11.6 Å². The molecule has 21 heavy (non-hydrogen) atoms. The number of hydrogen-bond donors (Lipinski definition) is 1. The molecule has 1 atom stereocenters. The summed E-state index contributed by atoms with van der Waals surface area (Å²) in [6, 6.07) is 2.13. The first kappa shape index (κ1) is 15.7. The van der Waals surface area contributed by atoms with Crippen molar-refractivity contribution in [3.8, 4) is 0 Å². The molecule has 1 amide bonds. The fourth-order valence-corrected chi connectivity index (χ4v) is 2.44. The van der Waals surface area contributed by atoms with Gasteiger partial charge in [-0.2, -0.15) is 0 Å². The molecule has 6 heteroatoms. The van der Waals surface area contributed by atoms with Crippen molar-refractivity contribution in [2.24, 2.45) is 0 Å². The molecule has 1 fully saturated rings. The van der Waals surface area contributed by atoms with Gasteiger partial charge in [0.25, 0.3) is 5.91 Å². The molecular weight excluding hydrogens is 278 g/mol. The Morgan fingerprint density at radius 3 is 2.62 bits per heavy atom. The number of nitrogens with zero attached hydrogens (tertiary/aromatic N) is 1. The number of rotatable bonds is 5. The molecule has 1 aromatic carbocycles. The van der Waals surface area contributed by atoms with Crippen molar-refractivity contribution in [2.45, 2.75) is 25.9 Å². The van der Waals surface area contributed by atoms with Crippen LogP contribution in [-0.4, -0.2) is 43.7 Å². The molecule has 1 aromatic rings. The molecule has 1 N–H and O–H groups in total. The zero-order valence-corrected chi connectivity index (χ0v) is 12.3. The third kappa shape index (κ3) is 3.69. The van der Waals surface area contributed by atoms with Crippen molar-refractivity contribution < 1.29 is 18.3 Å². The lowest BCUT2D eigenvalue weighted by molar-refractivity contribution is 0.0586. The number of benzene rings is 1. The van der Waals surface area contributed by atoms with E-state index in [9.17, 15) is 13.6 Å². The molecule has 4 nitrogen and oxygen atoms in total. The summed E-state index contributed by atoms with van der Waals surface area (Å²) in [6.45, 7) is 3.28. The fraction of sp³-hybridized carbons (Fsp3) is 0.533. The van der Waals surface area contributed by atoms with Gasteiger partial charge in [-0.1, -0.05) is 0 Å². The van der Waals surface area contributed by atoms with Gasteiger partial charge >= 0.3 is 0 Å². The van der Waals surface area contributed by atoms with Crippen LogP contribution in [0.3, 0.4) is 0 Å². The van der Waals surface area contributed by atoms with Gasteiger partial charge in [0, 0.05) is 32.3 Å². The van der Waals surface area contributed by atoms with E-state index in [1.54, 1.807) is 14.0 Å². The average molecular weight is 298 g/mol. The van der Waals surface area contributed by atoms with Gasteiger partial charge in [-0.05, 0) is 31.9 Å². The number of likely N-dealkylation sites (N-methyl/N-ethyl adjacent to an activating group) is 1. The van der Waals surface area contributed by atoms with Crippen molar-refractivity contribution in [1.29, 1.82) is 0 Å². The molecule has 0 aliphatic carbocycles.